The third-order valence-electron chi connectivity index (χ3n) is 5.73. The first-order valence-corrected chi connectivity index (χ1v) is 11.6. The number of hydrogen-bond acceptors (Lipinski definition) is 4. The van der Waals surface area contributed by atoms with Crippen LogP contribution < -0.4 is 9.91 Å². The summed E-state index contributed by atoms with van der Waals surface area (Å²) < 4.78 is 2.31. The predicted molar refractivity (Wildman–Crippen MR) is 138 cm³/mol. The Hall–Kier alpha value is -3.34. The molecule has 0 saturated carbocycles. The number of pyridine rings is 1. The van der Waals surface area contributed by atoms with E-state index in [9.17, 15) is 0 Å². The second kappa shape index (κ2) is 10.3. The summed E-state index contributed by atoms with van der Waals surface area (Å²) in [5, 5.41) is 6.45. The van der Waals surface area contributed by atoms with Crippen LogP contribution in [0.25, 0.3) is 11.4 Å². The van der Waals surface area contributed by atoms with Gasteiger partial charge in [0.05, 0.1) is 11.9 Å². The van der Waals surface area contributed by atoms with Crippen molar-refractivity contribution in [3.05, 3.63) is 77.8 Å². The Labute approximate surface area is 192 Å². The summed E-state index contributed by atoms with van der Waals surface area (Å²) in [5.41, 5.74) is 7.85. The average Bonchev–Trinajstić information content (AvgIpc) is 3.10. The molecular weight excluding hydrogens is 394 g/mol. The summed E-state index contributed by atoms with van der Waals surface area (Å²) in [7, 11) is 0. The minimum absolute atomic E-state index is 0.773. The smallest absolute Gasteiger partial charge is 0.153 e. The van der Waals surface area contributed by atoms with Gasteiger partial charge in [-0.25, -0.2) is 9.99 Å². The first kappa shape index (κ1) is 23.3. The lowest BCUT2D eigenvalue weighted by Crippen LogP contribution is -2.23. The second-order valence-electron chi connectivity index (χ2n) is 7.59. The average molecular weight is 430 g/mol. The number of fused-ring (bicyclic) bond motifs is 1. The van der Waals surface area contributed by atoms with Crippen LogP contribution in [0.1, 0.15) is 56.6 Å². The zero-order chi connectivity index (χ0) is 23.3. The number of hydrazone groups is 1. The first-order chi connectivity index (χ1) is 15.6. The third-order valence-corrected chi connectivity index (χ3v) is 5.73. The third kappa shape index (κ3) is 4.20. The molecule has 5 nitrogen and oxygen atoms in total. The molecule has 2 aromatic heterocycles. The van der Waals surface area contributed by atoms with Gasteiger partial charge in [0.1, 0.15) is 0 Å². The van der Waals surface area contributed by atoms with Gasteiger partial charge in [-0.15, -0.1) is 0 Å². The number of aromatic nitrogens is 2. The normalized spacial score (nSPS) is 12.3. The minimum Gasteiger partial charge on any atom is -0.372 e. The van der Waals surface area contributed by atoms with Gasteiger partial charge in [-0.05, 0) is 57.5 Å². The molecule has 5 heteroatoms. The maximum absolute atomic E-state index is 4.64. The van der Waals surface area contributed by atoms with Crippen LogP contribution in [0, 0.1) is 13.8 Å². The van der Waals surface area contributed by atoms with Crippen LogP contribution in [0.2, 0.25) is 0 Å². The molecule has 0 atom stereocenters. The van der Waals surface area contributed by atoms with E-state index in [4.69, 9.17) is 0 Å². The largest absolute Gasteiger partial charge is 0.372 e. The number of hydrogen-bond donors (Lipinski definition) is 0. The molecule has 0 unspecified atom stereocenters. The van der Waals surface area contributed by atoms with Gasteiger partial charge in [0.2, 0.25) is 0 Å². The molecule has 0 fully saturated rings. The van der Waals surface area contributed by atoms with Crippen molar-refractivity contribution in [3.63, 3.8) is 0 Å². The highest BCUT2D eigenvalue weighted by Gasteiger charge is 2.27. The standard InChI is InChI=1S/C25H29N5.C2H6/c1-6-15-28(7-2)21-11-10-12-22(16-21)29-18(3)23-17-27-30(20(5)25(23)19(29)4)24-13-8-9-14-26-24;1-2/h8-14,16-17H,5-7,15H2,1-4H3;1-2H3. The highest BCUT2D eigenvalue weighted by Crippen LogP contribution is 2.36. The van der Waals surface area contributed by atoms with E-state index in [-0.39, 0.29) is 0 Å². The fraction of sp³-hybridized carbons (Fsp3) is 0.333. The summed E-state index contributed by atoms with van der Waals surface area (Å²) in [6.07, 6.45) is 4.84. The minimum atomic E-state index is 0.773. The van der Waals surface area contributed by atoms with E-state index in [2.05, 4.69) is 78.1 Å². The number of anilines is 2. The maximum Gasteiger partial charge on any atom is 0.153 e. The molecule has 0 bridgehead atoms. The van der Waals surface area contributed by atoms with E-state index in [1.54, 1.807) is 6.20 Å². The van der Waals surface area contributed by atoms with Crippen molar-refractivity contribution < 1.29 is 0 Å². The topological polar surface area (TPSA) is 36.7 Å². The SMILES string of the molecule is C=C1c2c(c(C)n(-c3cccc(N(CC)CCC)c3)c2C)C=NN1c1ccccn1.CC. The Morgan fingerprint density at radius 2 is 1.78 bits per heavy atom. The lowest BCUT2D eigenvalue weighted by Gasteiger charge is -2.24. The lowest BCUT2D eigenvalue weighted by atomic mass is 10.1. The molecule has 168 valence electrons. The highest BCUT2D eigenvalue weighted by molar-refractivity contribution is 5.98. The first-order valence-electron chi connectivity index (χ1n) is 11.6. The maximum atomic E-state index is 4.64. The van der Waals surface area contributed by atoms with E-state index in [0.717, 1.165) is 53.5 Å². The molecule has 0 radical (unpaired) electrons. The zero-order valence-corrected chi connectivity index (χ0v) is 20.3. The van der Waals surface area contributed by atoms with E-state index >= 15 is 0 Å². The molecule has 1 aliphatic heterocycles. The van der Waals surface area contributed by atoms with E-state index < -0.39 is 0 Å². The van der Waals surface area contributed by atoms with Crippen molar-refractivity contribution in [2.75, 3.05) is 23.0 Å². The van der Waals surface area contributed by atoms with Crippen LogP contribution in [-0.2, 0) is 0 Å². The fourth-order valence-corrected chi connectivity index (χ4v) is 4.31. The summed E-state index contributed by atoms with van der Waals surface area (Å²) in [6.45, 7) is 19.2. The summed E-state index contributed by atoms with van der Waals surface area (Å²) >= 11 is 0. The van der Waals surface area contributed by atoms with E-state index in [1.807, 2.05) is 43.3 Å². The number of nitrogens with zero attached hydrogens (tertiary/aromatic N) is 5. The van der Waals surface area contributed by atoms with Gasteiger partial charge in [-0.3, -0.25) is 0 Å². The Kier molecular flexibility index (Phi) is 7.52. The molecule has 0 amide bonds. The summed E-state index contributed by atoms with van der Waals surface area (Å²) in [4.78, 5) is 6.86. The summed E-state index contributed by atoms with van der Waals surface area (Å²) in [5.74, 6) is 0.773. The van der Waals surface area contributed by atoms with Crippen LogP contribution in [0.5, 0.6) is 0 Å². The van der Waals surface area contributed by atoms with E-state index in [1.165, 1.54) is 11.4 Å². The van der Waals surface area contributed by atoms with Gasteiger partial charge in [-0.1, -0.05) is 39.5 Å². The van der Waals surface area contributed by atoms with Crippen molar-refractivity contribution in [1.29, 1.82) is 0 Å². The van der Waals surface area contributed by atoms with Crippen molar-refractivity contribution >= 4 is 23.4 Å². The summed E-state index contributed by atoms with van der Waals surface area (Å²) in [6, 6.07) is 14.6. The van der Waals surface area contributed by atoms with Crippen molar-refractivity contribution in [2.45, 2.75) is 48.0 Å². The fourth-order valence-electron chi connectivity index (χ4n) is 4.31. The Bertz CT molecular complexity index is 1090. The van der Waals surface area contributed by atoms with Crippen LogP contribution >= 0.6 is 0 Å². The molecule has 3 heterocycles. The monoisotopic (exact) mass is 429 g/mol. The Morgan fingerprint density at radius 1 is 1.00 bits per heavy atom. The van der Waals surface area contributed by atoms with E-state index in [0.29, 0.717) is 0 Å². The molecular formula is C27H35N5. The molecule has 0 saturated heterocycles. The van der Waals surface area contributed by atoms with Gasteiger partial charge in [0, 0.05) is 53.2 Å². The molecule has 1 aliphatic rings. The molecule has 3 aromatic rings. The van der Waals surface area contributed by atoms with Crippen LogP contribution in [0.3, 0.4) is 0 Å². The molecule has 0 spiro atoms. The number of benzene rings is 1. The zero-order valence-electron chi connectivity index (χ0n) is 20.3. The van der Waals surface area contributed by atoms with Gasteiger partial charge in [-0.2, -0.15) is 5.10 Å². The van der Waals surface area contributed by atoms with Gasteiger partial charge in [0.15, 0.2) is 5.82 Å². The lowest BCUT2D eigenvalue weighted by molar-refractivity contribution is 0.791. The molecule has 4 rings (SSSR count). The van der Waals surface area contributed by atoms with Crippen molar-refractivity contribution in [2.24, 2.45) is 5.10 Å². The van der Waals surface area contributed by atoms with Crippen molar-refractivity contribution in [1.82, 2.24) is 9.55 Å². The van der Waals surface area contributed by atoms with Crippen LogP contribution in [0.15, 0.2) is 60.3 Å². The quantitative estimate of drug-likeness (QED) is 0.444. The van der Waals surface area contributed by atoms with Crippen molar-refractivity contribution in [3.8, 4) is 5.69 Å². The molecule has 32 heavy (non-hydrogen) atoms. The Balaban J connectivity index is 0.00000141. The van der Waals surface area contributed by atoms with Crippen LogP contribution in [0.4, 0.5) is 11.5 Å². The predicted octanol–water partition coefficient (Wildman–Crippen LogP) is 6.58. The number of rotatable bonds is 6. The van der Waals surface area contributed by atoms with Gasteiger partial charge < -0.3 is 9.47 Å². The molecule has 0 N–H and O–H groups in total. The van der Waals surface area contributed by atoms with Crippen LogP contribution in [-0.4, -0.2) is 28.9 Å². The molecule has 1 aromatic carbocycles. The highest BCUT2D eigenvalue weighted by atomic mass is 15.5. The van der Waals surface area contributed by atoms with Gasteiger partial charge in [0.25, 0.3) is 0 Å². The van der Waals surface area contributed by atoms with Gasteiger partial charge >= 0.3 is 0 Å². The Morgan fingerprint density at radius 3 is 2.44 bits per heavy atom. The molecule has 0 aliphatic carbocycles. The second-order valence-corrected chi connectivity index (χ2v) is 7.59.